The smallest absolute Gasteiger partial charge is 0.306 e. The van der Waals surface area contributed by atoms with Gasteiger partial charge in [0.05, 0.1) is 18.7 Å². The van der Waals surface area contributed by atoms with E-state index in [9.17, 15) is 14.3 Å². The number of hydrogen-bond acceptors (Lipinski definition) is 5. The molecule has 3 atom stereocenters. The van der Waals surface area contributed by atoms with Crippen LogP contribution < -0.4 is 14.4 Å². The second-order valence-electron chi connectivity index (χ2n) is 10.8. The summed E-state index contributed by atoms with van der Waals surface area (Å²) in [5.74, 6) is 1.10. The molecule has 2 aromatic carbocycles. The van der Waals surface area contributed by atoms with Crippen LogP contribution in [0.4, 0.5) is 10.2 Å². The molecule has 1 saturated carbocycles. The molecule has 1 N–H and O–H groups in total. The number of carboxylic acids is 1. The molecule has 0 spiro atoms. The van der Waals surface area contributed by atoms with E-state index in [-0.39, 0.29) is 17.8 Å². The van der Waals surface area contributed by atoms with E-state index < -0.39 is 11.9 Å². The van der Waals surface area contributed by atoms with E-state index >= 15 is 0 Å². The van der Waals surface area contributed by atoms with Crippen molar-refractivity contribution in [1.82, 2.24) is 4.98 Å². The van der Waals surface area contributed by atoms with Gasteiger partial charge in [-0.1, -0.05) is 19.1 Å². The molecule has 3 aliphatic rings. The minimum absolute atomic E-state index is 0.00466. The van der Waals surface area contributed by atoms with Crippen molar-refractivity contribution in [2.24, 2.45) is 11.8 Å². The van der Waals surface area contributed by atoms with E-state index in [0.29, 0.717) is 17.2 Å². The Bertz CT molecular complexity index is 1370. The minimum atomic E-state index is -0.756. The van der Waals surface area contributed by atoms with E-state index in [1.54, 1.807) is 19.2 Å². The summed E-state index contributed by atoms with van der Waals surface area (Å²) in [5, 5.41) is 9.69. The van der Waals surface area contributed by atoms with Crippen LogP contribution in [0.2, 0.25) is 0 Å². The molecule has 1 unspecified atom stereocenters. The fraction of sp³-hybridized carbons (Fsp3) is 0.419. The maximum atomic E-state index is 14.9. The molecule has 7 heteroatoms. The van der Waals surface area contributed by atoms with E-state index in [4.69, 9.17) is 14.5 Å². The molecular weight excluding hydrogens is 483 g/mol. The Balaban J connectivity index is 1.31. The van der Waals surface area contributed by atoms with Crippen molar-refractivity contribution in [2.45, 2.75) is 51.0 Å². The Morgan fingerprint density at radius 2 is 1.92 bits per heavy atom. The van der Waals surface area contributed by atoms with Crippen molar-refractivity contribution in [3.05, 3.63) is 71.2 Å². The maximum absolute atomic E-state index is 14.9. The van der Waals surface area contributed by atoms with Crippen LogP contribution in [0.25, 0.3) is 11.1 Å². The van der Waals surface area contributed by atoms with E-state index in [0.717, 1.165) is 79.1 Å². The molecule has 1 aromatic heterocycles. The van der Waals surface area contributed by atoms with Crippen LogP contribution in [0.15, 0.2) is 48.5 Å². The predicted molar refractivity (Wildman–Crippen MR) is 143 cm³/mol. The fourth-order valence-electron chi connectivity index (χ4n) is 5.84. The monoisotopic (exact) mass is 516 g/mol. The van der Waals surface area contributed by atoms with Crippen molar-refractivity contribution in [3.8, 4) is 22.6 Å². The minimum Gasteiger partial charge on any atom is -0.497 e. The summed E-state index contributed by atoms with van der Waals surface area (Å²) in [5.41, 5.74) is 4.23. The predicted octanol–water partition coefficient (Wildman–Crippen LogP) is 6.39. The topological polar surface area (TPSA) is 71.9 Å². The Morgan fingerprint density at radius 1 is 1.11 bits per heavy atom. The number of aryl methyl sites for hydroxylation is 1. The lowest BCUT2D eigenvalue weighted by molar-refractivity contribution is -0.142. The van der Waals surface area contributed by atoms with Gasteiger partial charge in [-0.25, -0.2) is 9.37 Å². The first-order chi connectivity index (χ1) is 18.4. The quantitative estimate of drug-likeness (QED) is 0.374. The number of hydrogen-bond donors (Lipinski definition) is 1. The number of fused-ring (bicyclic) bond motifs is 1. The van der Waals surface area contributed by atoms with Gasteiger partial charge in [-0.2, -0.15) is 0 Å². The number of aromatic nitrogens is 1. The third-order valence-corrected chi connectivity index (χ3v) is 8.33. The van der Waals surface area contributed by atoms with Crippen LogP contribution in [0, 0.1) is 17.7 Å². The van der Waals surface area contributed by atoms with Crippen LogP contribution >= 0.6 is 0 Å². The van der Waals surface area contributed by atoms with E-state index in [2.05, 4.69) is 23.1 Å². The molecule has 0 amide bonds. The van der Waals surface area contributed by atoms with Crippen LogP contribution in [0.5, 0.6) is 11.5 Å². The number of aliphatic carboxylic acids is 1. The molecule has 0 bridgehead atoms. The molecule has 0 radical (unpaired) electrons. The van der Waals surface area contributed by atoms with E-state index in [1.807, 2.05) is 19.1 Å². The lowest BCUT2D eigenvalue weighted by Crippen LogP contribution is -2.38. The van der Waals surface area contributed by atoms with Gasteiger partial charge in [0, 0.05) is 24.2 Å². The first-order valence-corrected chi connectivity index (χ1v) is 13.5. The summed E-state index contributed by atoms with van der Waals surface area (Å²) in [6.07, 6.45) is 4.66. The largest absolute Gasteiger partial charge is 0.497 e. The van der Waals surface area contributed by atoms with Crippen LogP contribution in [0.3, 0.4) is 0 Å². The van der Waals surface area contributed by atoms with Gasteiger partial charge in [-0.3, -0.25) is 4.79 Å². The third-order valence-electron chi connectivity index (χ3n) is 8.33. The number of benzene rings is 2. The molecule has 3 aromatic rings. The maximum Gasteiger partial charge on any atom is 0.306 e. The standard InChI is InChI=1S/C31H33FN2O4/c1-18(31(35)36)29(20-5-6-20)21-7-4-19-8-13-27(38-28(19)16-21)26-12-10-23(30(33-26)34-14-3-15-34)24-17-22(37-2)9-11-25(24)32/h4,7,9-12,16-18,20,27,29H,3,5-6,8,13-15H2,1-2H3,(H,35,36)/t18-,27?,29-/m0/s1. The molecule has 2 aliphatic heterocycles. The third kappa shape index (κ3) is 4.59. The highest BCUT2D eigenvalue weighted by atomic mass is 19.1. The van der Waals surface area contributed by atoms with E-state index in [1.165, 1.54) is 6.07 Å². The Kier molecular flexibility index (Phi) is 6.46. The summed E-state index contributed by atoms with van der Waals surface area (Å²) in [4.78, 5) is 19.0. The number of ether oxygens (including phenoxy) is 2. The van der Waals surface area contributed by atoms with Crippen molar-refractivity contribution in [1.29, 1.82) is 0 Å². The number of halogens is 1. The Labute approximate surface area is 222 Å². The molecule has 1 aliphatic carbocycles. The lowest BCUT2D eigenvalue weighted by atomic mass is 9.82. The average Bonchev–Trinajstić information content (AvgIpc) is 3.73. The fourth-order valence-corrected chi connectivity index (χ4v) is 5.84. The van der Waals surface area contributed by atoms with Gasteiger partial charge in [0.15, 0.2) is 0 Å². The highest BCUT2D eigenvalue weighted by molar-refractivity contribution is 5.78. The lowest BCUT2D eigenvalue weighted by Gasteiger charge is -2.35. The average molecular weight is 517 g/mol. The number of rotatable bonds is 8. The number of nitrogens with zero attached hydrogens (tertiary/aromatic N) is 2. The highest BCUT2D eigenvalue weighted by Gasteiger charge is 2.39. The molecule has 2 fully saturated rings. The summed E-state index contributed by atoms with van der Waals surface area (Å²) < 4.78 is 26.7. The first kappa shape index (κ1) is 24.7. The number of carboxylic acid groups (broad SMARTS) is 1. The van der Waals surface area contributed by atoms with Gasteiger partial charge in [-0.15, -0.1) is 0 Å². The highest BCUT2D eigenvalue weighted by Crippen LogP contribution is 2.48. The summed E-state index contributed by atoms with van der Waals surface area (Å²) in [6, 6.07) is 14.9. The Morgan fingerprint density at radius 3 is 2.61 bits per heavy atom. The van der Waals surface area contributed by atoms with Crippen LogP contribution in [-0.4, -0.2) is 36.3 Å². The summed E-state index contributed by atoms with van der Waals surface area (Å²) in [7, 11) is 1.58. The zero-order valence-electron chi connectivity index (χ0n) is 21.8. The SMILES string of the molecule is COc1ccc(F)c(-c2ccc(C3CCc4ccc([C@H](C5CC5)[C@H](C)C(=O)O)cc4O3)nc2N2CCC2)c1. The Hall–Kier alpha value is -3.61. The van der Waals surface area contributed by atoms with Gasteiger partial charge in [0.2, 0.25) is 0 Å². The number of methoxy groups -OCH3 is 1. The molecule has 1 saturated heterocycles. The van der Waals surface area contributed by atoms with Crippen molar-refractivity contribution < 1.29 is 23.8 Å². The normalized spacial score (nSPS) is 20.1. The van der Waals surface area contributed by atoms with Gasteiger partial charge in [0.1, 0.15) is 29.2 Å². The van der Waals surface area contributed by atoms with Crippen LogP contribution in [0.1, 0.15) is 61.4 Å². The number of anilines is 1. The van der Waals surface area contributed by atoms with Crippen molar-refractivity contribution in [3.63, 3.8) is 0 Å². The van der Waals surface area contributed by atoms with Crippen molar-refractivity contribution in [2.75, 3.05) is 25.1 Å². The first-order valence-electron chi connectivity index (χ1n) is 13.5. The van der Waals surface area contributed by atoms with Gasteiger partial charge in [-0.05, 0) is 91.5 Å². The zero-order valence-corrected chi connectivity index (χ0v) is 21.8. The van der Waals surface area contributed by atoms with Gasteiger partial charge >= 0.3 is 5.97 Å². The number of carbonyl (C=O) groups is 1. The molecule has 198 valence electrons. The molecule has 3 heterocycles. The molecule has 6 nitrogen and oxygen atoms in total. The van der Waals surface area contributed by atoms with Crippen molar-refractivity contribution >= 4 is 11.8 Å². The number of pyridine rings is 1. The molecule has 6 rings (SSSR count). The summed E-state index contributed by atoms with van der Waals surface area (Å²) in [6.45, 7) is 3.58. The summed E-state index contributed by atoms with van der Waals surface area (Å²) >= 11 is 0. The second-order valence-corrected chi connectivity index (χ2v) is 10.8. The second kappa shape index (κ2) is 9.93. The van der Waals surface area contributed by atoms with Gasteiger partial charge in [0.25, 0.3) is 0 Å². The molecule has 38 heavy (non-hydrogen) atoms. The van der Waals surface area contributed by atoms with Gasteiger partial charge < -0.3 is 19.5 Å². The van der Waals surface area contributed by atoms with Crippen LogP contribution in [-0.2, 0) is 11.2 Å². The molecular formula is C31H33FN2O4. The zero-order chi connectivity index (χ0) is 26.4.